The number of ether oxygens (including phenoxy) is 4. The molecule has 2 aromatic rings. The molecule has 0 radical (unpaired) electrons. The monoisotopic (exact) mass is 511 g/mol. The minimum Gasteiger partial charge on any atom is -0.497 e. The summed E-state index contributed by atoms with van der Waals surface area (Å²) in [4.78, 5) is 24.2. The van der Waals surface area contributed by atoms with Crippen molar-refractivity contribution in [1.29, 1.82) is 0 Å². The third kappa shape index (κ3) is 8.40. The molecule has 0 saturated heterocycles. The molecule has 9 nitrogen and oxygen atoms in total. The molecule has 0 aliphatic heterocycles. The molecule has 166 valence electrons. The van der Waals surface area contributed by atoms with Gasteiger partial charge < -0.3 is 18.9 Å². The SMILES string of the molecule is COCCOc1ccc(C(=O)NC(=S)NNC(=O)COc2ccc(OC)cc2)cc1Br. The summed E-state index contributed by atoms with van der Waals surface area (Å²) >= 11 is 8.38. The predicted octanol–water partition coefficient (Wildman–Crippen LogP) is 2.20. The minimum atomic E-state index is -0.479. The topological polar surface area (TPSA) is 107 Å². The van der Waals surface area contributed by atoms with Crippen molar-refractivity contribution in [2.75, 3.05) is 34.0 Å². The molecule has 2 aromatic carbocycles. The number of methoxy groups -OCH3 is 2. The van der Waals surface area contributed by atoms with Gasteiger partial charge in [0, 0.05) is 12.7 Å². The number of carbonyl (C=O) groups is 2. The van der Waals surface area contributed by atoms with Crippen LogP contribution >= 0.6 is 28.1 Å². The maximum absolute atomic E-state index is 12.3. The van der Waals surface area contributed by atoms with Gasteiger partial charge in [-0.2, -0.15) is 0 Å². The lowest BCUT2D eigenvalue weighted by Gasteiger charge is -2.12. The molecule has 2 rings (SSSR count). The van der Waals surface area contributed by atoms with E-state index in [2.05, 4.69) is 32.1 Å². The van der Waals surface area contributed by atoms with Crippen LogP contribution < -0.4 is 30.4 Å². The van der Waals surface area contributed by atoms with Gasteiger partial charge in [-0.05, 0) is 70.6 Å². The summed E-state index contributed by atoms with van der Waals surface area (Å²) in [5, 5.41) is 2.40. The Bertz CT molecular complexity index is 910. The second-order valence-corrected chi connectivity index (χ2v) is 7.17. The molecule has 0 unspecified atom stereocenters. The Kier molecular flexibility index (Phi) is 10.0. The van der Waals surface area contributed by atoms with Gasteiger partial charge in [0.1, 0.15) is 23.9 Å². The normalized spacial score (nSPS) is 10.0. The summed E-state index contributed by atoms with van der Waals surface area (Å²) in [5.41, 5.74) is 5.14. The Hall–Kier alpha value is -2.89. The molecular weight excluding hydrogens is 490 g/mol. The van der Waals surface area contributed by atoms with Gasteiger partial charge in [-0.1, -0.05) is 0 Å². The molecule has 0 heterocycles. The van der Waals surface area contributed by atoms with Crippen molar-refractivity contribution in [2.24, 2.45) is 0 Å². The Balaban J connectivity index is 1.75. The van der Waals surface area contributed by atoms with E-state index in [-0.39, 0.29) is 11.7 Å². The van der Waals surface area contributed by atoms with Crippen molar-refractivity contribution in [3.63, 3.8) is 0 Å². The van der Waals surface area contributed by atoms with Gasteiger partial charge in [-0.15, -0.1) is 0 Å². The highest BCUT2D eigenvalue weighted by Gasteiger charge is 2.12. The number of benzene rings is 2. The average Bonchev–Trinajstić information content (AvgIpc) is 2.77. The number of nitrogens with one attached hydrogen (secondary N) is 3. The minimum absolute atomic E-state index is 0.0701. The van der Waals surface area contributed by atoms with Crippen LogP contribution in [0, 0.1) is 0 Å². The summed E-state index contributed by atoms with van der Waals surface area (Å²) in [5.74, 6) is 0.837. The first-order valence-corrected chi connectivity index (χ1v) is 10.2. The van der Waals surface area contributed by atoms with Crippen LogP contribution in [-0.2, 0) is 9.53 Å². The van der Waals surface area contributed by atoms with Crippen molar-refractivity contribution in [2.45, 2.75) is 0 Å². The number of amides is 2. The van der Waals surface area contributed by atoms with Crippen LogP contribution in [0.5, 0.6) is 17.2 Å². The number of rotatable bonds is 9. The van der Waals surface area contributed by atoms with Gasteiger partial charge in [0.25, 0.3) is 11.8 Å². The van der Waals surface area contributed by atoms with E-state index in [1.165, 1.54) is 0 Å². The Morgan fingerprint density at radius 3 is 2.32 bits per heavy atom. The highest BCUT2D eigenvalue weighted by atomic mass is 79.9. The van der Waals surface area contributed by atoms with Crippen LogP contribution in [0.1, 0.15) is 10.4 Å². The molecule has 11 heteroatoms. The average molecular weight is 512 g/mol. The Morgan fingerprint density at radius 1 is 0.968 bits per heavy atom. The Labute approximate surface area is 193 Å². The van der Waals surface area contributed by atoms with Crippen molar-refractivity contribution < 1.29 is 28.5 Å². The van der Waals surface area contributed by atoms with Crippen molar-refractivity contribution in [1.82, 2.24) is 16.2 Å². The molecule has 0 saturated carbocycles. The van der Waals surface area contributed by atoms with Gasteiger partial charge in [-0.3, -0.25) is 25.8 Å². The van der Waals surface area contributed by atoms with Crippen LogP contribution in [0.25, 0.3) is 0 Å². The van der Waals surface area contributed by atoms with E-state index >= 15 is 0 Å². The zero-order valence-electron chi connectivity index (χ0n) is 16.9. The predicted molar refractivity (Wildman–Crippen MR) is 121 cm³/mol. The summed E-state index contributed by atoms with van der Waals surface area (Å²) in [6, 6.07) is 11.6. The quantitative estimate of drug-likeness (QED) is 0.267. The van der Waals surface area contributed by atoms with E-state index in [0.29, 0.717) is 40.5 Å². The molecule has 2 amide bonds. The molecule has 31 heavy (non-hydrogen) atoms. The molecule has 0 aromatic heterocycles. The largest absolute Gasteiger partial charge is 0.497 e. The number of hydrogen-bond acceptors (Lipinski definition) is 7. The molecule has 0 fully saturated rings. The second kappa shape index (κ2) is 12.7. The first-order valence-electron chi connectivity index (χ1n) is 9.01. The lowest BCUT2D eigenvalue weighted by Crippen LogP contribution is -2.49. The van der Waals surface area contributed by atoms with Crippen molar-refractivity contribution in [3.05, 3.63) is 52.5 Å². The lowest BCUT2D eigenvalue weighted by molar-refractivity contribution is -0.123. The van der Waals surface area contributed by atoms with Gasteiger partial charge in [0.15, 0.2) is 11.7 Å². The van der Waals surface area contributed by atoms with Crippen LogP contribution in [-0.4, -0.2) is 51.0 Å². The lowest BCUT2D eigenvalue weighted by atomic mass is 10.2. The molecular formula is C20H22BrN3O6S. The standard InChI is InChI=1S/C20H22BrN3O6S/c1-27-9-10-29-17-8-3-13(11-16(17)21)19(26)22-20(31)24-23-18(25)12-30-15-6-4-14(28-2)5-7-15/h3-8,11H,9-10,12H2,1-2H3,(H,23,25)(H2,22,24,26,31). The van der Waals surface area contributed by atoms with Crippen molar-refractivity contribution in [3.8, 4) is 17.2 Å². The van der Waals surface area contributed by atoms with E-state index in [9.17, 15) is 9.59 Å². The van der Waals surface area contributed by atoms with Crippen LogP contribution in [0.3, 0.4) is 0 Å². The van der Waals surface area contributed by atoms with Crippen molar-refractivity contribution >= 4 is 45.1 Å². The first kappa shape index (κ1) is 24.4. The molecule has 0 spiro atoms. The third-order valence-corrected chi connectivity index (χ3v) is 4.53. The van der Waals surface area contributed by atoms with E-state index in [1.807, 2.05) is 0 Å². The van der Waals surface area contributed by atoms with Gasteiger partial charge in [0.05, 0.1) is 18.2 Å². The smallest absolute Gasteiger partial charge is 0.276 e. The number of halogens is 1. The second-order valence-electron chi connectivity index (χ2n) is 5.91. The Morgan fingerprint density at radius 2 is 1.68 bits per heavy atom. The number of carbonyl (C=O) groups excluding carboxylic acids is 2. The van der Waals surface area contributed by atoms with E-state index in [0.717, 1.165) is 0 Å². The van der Waals surface area contributed by atoms with Gasteiger partial charge in [-0.25, -0.2) is 0 Å². The fraction of sp³-hybridized carbons (Fsp3) is 0.250. The zero-order valence-corrected chi connectivity index (χ0v) is 19.3. The molecule has 0 bridgehead atoms. The molecule has 0 atom stereocenters. The first-order chi connectivity index (χ1) is 14.9. The number of thiocarbonyl (C=S) groups is 1. The van der Waals surface area contributed by atoms with E-state index in [1.54, 1.807) is 56.7 Å². The van der Waals surface area contributed by atoms with E-state index < -0.39 is 11.8 Å². The summed E-state index contributed by atoms with van der Waals surface area (Å²) in [7, 11) is 3.14. The fourth-order valence-electron chi connectivity index (χ4n) is 2.18. The highest BCUT2D eigenvalue weighted by molar-refractivity contribution is 9.10. The van der Waals surface area contributed by atoms with Crippen LogP contribution in [0.4, 0.5) is 0 Å². The van der Waals surface area contributed by atoms with Gasteiger partial charge in [0.2, 0.25) is 0 Å². The maximum Gasteiger partial charge on any atom is 0.276 e. The molecule has 0 aliphatic rings. The number of hydrogen-bond donors (Lipinski definition) is 3. The van der Waals surface area contributed by atoms with Gasteiger partial charge >= 0.3 is 0 Å². The molecule has 0 aliphatic carbocycles. The maximum atomic E-state index is 12.3. The fourth-order valence-corrected chi connectivity index (χ4v) is 2.82. The van der Waals surface area contributed by atoms with Crippen LogP contribution in [0.2, 0.25) is 0 Å². The van der Waals surface area contributed by atoms with E-state index in [4.69, 9.17) is 31.2 Å². The zero-order chi connectivity index (χ0) is 22.6. The third-order valence-electron chi connectivity index (χ3n) is 3.71. The number of hydrazine groups is 1. The highest BCUT2D eigenvalue weighted by Crippen LogP contribution is 2.26. The molecule has 3 N–H and O–H groups in total. The van der Waals surface area contributed by atoms with Crippen LogP contribution in [0.15, 0.2) is 46.9 Å². The summed E-state index contributed by atoms with van der Waals surface area (Å²) in [6.07, 6.45) is 0. The summed E-state index contributed by atoms with van der Waals surface area (Å²) in [6.45, 7) is 0.593. The summed E-state index contributed by atoms with van der Waals surface area (Å²) < 4.78 is 21.4.